The second-order valence-corrected chi connectivity index (χ2v) is 7.03. The van der Waals surface area contributed by atoms with Gasteiger partial charge in [-0.15, -0.1) is 5.10 Å². The predicted octanol–water partition coefficient (Wildman–Crippen LogP) is 5.05. The van der Waals surface area contributed by atoms with Gasteiger partial charge >= 0.3 is 0 Å². The summed E-state index contributed by atoms with van der Waals surface area (Å²) in [7, 11) is 0. The number of ketones is 1. The fraction of sp³-hybridized carbons (Fsp3) is 0.250. The van der Waals surface area contributed by atoms with Gasteiger partial charge in [-0.25, -0.2) is 0 Å². The Kier molecular flexibility index (Phi) is 4.67. The minimum absolute atomic E-state index is 0.126. The summed E-state index contributed by atoms with van der Waals surface area (Å²) in [6.07, 6.45) is 1.79. The van der Waals surface area contributed by atoms with Crippen LogP contribution in [0.3, 0.4) is 0 Å². The molecule has 0 aliphatic carbocycles. The van der Waals surface area contributed by atoms with Gasteiger partial charge in [0.05, 0.1) is 6.20 Å². The molecule has 0 unspecified atom stereocenters. The van der Waals surface area contributed by atoms with E-state index in [1.807, 2.05) is 32.0 Å². The first-order valence-corrected chi connectivity index (χ1v) is 8.91. The van der Waals surface area contributed by atoms with Crippen LogP contribution >= 0.6 is 11.8 Å². The first-order valence-electron chi connectivity index (χ1n) is 7.93. The summed E-state index contributed by atoms with van der Waals surface area (Å²) in [6, 6.07) is 10.2. The quantitative estimate of drug-likeness (QED) is 0.494. The summed E-state index contributed by atoms with van der Waals surface area (Å²) < 4.78 is 0. The van der Waals surface area contributed by atoms with E-state index < -0.39 is 0 Å². The molecule has 24 heavy (non-hydrogen) atoms. The SMILES string of the molecule is CC(=O)c1c(C)cc(C)c(CSc2nncc3ccccc23)c1C. The largest absolute Gasteiger partial charge is 0.294 e. The lowest BCUT2D eigenvalue weighted by Gasteiger charge is -2.15. The zero-order valence-electron chi connectivity index (χ0n) is 14.4. The average Bonchev–Trinajstić information content (AvgIpc) is 2.54. The Morgan fingerprint density at radius 3 is 2.62 bits per heavy atom. The molecule has 0 N–H and O–H groups in total. The number of benzene rings is 2. The Balaban J connectivity index is 1.97. The lowest BCUT2D eigenvalue weighted by molar-refractivity contribution is 0.101. The van der Waals surface area contributed by atoms with Crippen LogP contribution in [0.25, 0.3) is 10.8 Å². The van der Waals surface area contributed by atoms with Gasteiger partial charge in [0.1, 0.15) is 5.03 Å². The van der Waals surface area contributed by atoms with E-state index in [2.05, 4.69) is 29.3 Å². The summed E-state index contributed by atoms with van der Waals surface area (Å²) in [4.78, 5) is 12.0. The van der Waals surface area contributed by atoms with Crippen LogP contribution in [0.4, 0.5) is 0 Å². The van der Waals surface area contributed by atoms with Gasteiger partial charge in [0.2, 0.25) is 0 Å². The molecule has 2 aromatic carbocycles. The number of hydrogen-bond donors (Lipinski definition) is 0. The van der Waals surface area contributed by atoms with Gasteiger partial charge in [0, 0.05) is 22.1 Å². The predicted molar refractivity (Wildman–Crippen MR) is 99.8 cm³/mol. The highest BCUT2D eigenvalue weighted by Gasteiger charge is 2.15. The fourth-order valence-corrected chi connectivity index (χ4v) is 4.41. The van der Waals surface area contributed by atoms with Gasteiger partial charge in [0.25, 0.3) is 0 Å². The van der Waals surface area contributed by atoms with Crippen molar-refractivity contribution < 1.29 is 4.79 Å². The molecule has 4 heteroatoms. The van der Waals surface area contributed by atoms with Crippen LogP contribution in [0.5, 0.6) is 0 Å². The minimum atomic E-state index is 0.126. The topological polar surface area (TPSA) is 42.9 Å². The number of nitrogens with zero attached hydrogens (tertiary/aromatic N) is 2. The summed E-state index contributed by atoms with van der Waals surface area (Å²) in [5, 5.41) is 11.5. The molecule has 0 fully saturated rings. The van der Waals surface area contributed by atoms with Crippen LogP contribution in [0.1, 0.15) is 39.5 Å². The molecule has 0 atom stereocenters. The first kappa shape index (κ1) is 16.7. The fourth-order valence-electron chi connectivity index (χ4n) is 3.24. The summed E-state index contributed by atoms with van der Waals surface area (Å²) in [6.45, 7) is 7.79. The highest BCUT2D eigenvalue weighted by molar-refractivity contribution is 7.98. The Labute approximate surface area is 146 Å². The molecular weight excluding hydrogens is 316 g/mol. The molecule has 0 amide bonds. The Hall–Kier alpha value is -2.20. The molecule has 0 radical (unpaired) electrons. The van der Waals surface area contributed by atoms with Crippen molar-refractivity contribution in [1.29, 1.82) is 0 Å². The molecule has 0 spiro atoms. The summed E-state index contributed by atoms with van der Waals surface area (Å²) in [5.74, 6) is 0.905. The number of thioether (sulfide) groups is 1. The van der Waals surface area contributed by atoms with E-state index in [9.17, 15) is 4.79 Å². The lowest BCUT2D eigenvalue weighted by atomic mass is 9.92. The molecule has 3 nitrogen and oxygen atoms in total. The molecular formula is C20H20N2OS. The van der Waals surface area contributed by atoms with Crippen molar-refractivity contribution in [2.75, 3.05) is 0 Å². The maximum Gasteiger partial charge on any atom is 0.160 e. The number of carbonyl (C=O) groups is 1. The first-order chi connectivity index (χ1) is 11.5. The van der Waals surface area contributed by atoms with Gasteiger partial charge < -0.3 is 0 Å². The smallest absolute Gasteiger partial charge is 0.160 e. The zero-order chi connectivity index (χ0) is 17.3. The molecule has 1 heterocycles. The molecule has 0 bridgehead atoms. The Bertz CT molecular complexity index is 929. The van der Waals surface area contributed by atoms with E-state index in [1.165, 1.54) is 11.1 Å². The monoisotopic (exact) mass is 336 g/mol. The molecule has 0 saturated heterocycles. The van der Waals surface area contributed by atoms with Gasteiger partial charge in [-0.1, -0.05) is 42.1 Å². The maximum atomic E-state index is 12.0. The molecule has 0 saturated carbocycles. The standard InChI is InChI=1S/C20H20N2OS/c1-12-9-13(2)19(15(4)23)14(3)18(12)11-24-20-17-8-6-5-7-16(17)10-21-22-20/h5-10H,11H2,1-4H3. The average molecular weight is 336 g/mol. The molecule has 3 rings (SSSR count). The van der Waals surface area contributed by atoms with Gasteiger partial charge in [0.15, 0.2) is 5.78 Å². The van der Waals surface area contributed by atoms with Crippen LogP contribution < -0.4 is 0 Å². The molecule has 0 aliphatic rings. The number of fused-ring (bicyclic) bond motifs is 1. The zero-order valence-corrected chi connectivity index (χ0v) is 15.2. The van der Waals surface area contributed by atoms with Gasteiger partial charge in [-0.05, 0) is 49.9 Å². The second-order valence-electron chi connectivity index (χ2n) is 6.07. The van der Waals surface area contributed by atoms with Crippen LogP contribution in [0.2, 0.25) is 0 Å². The van der Waals surface area contributed by atoms with Crippen molar-refractivity contribution >= 4 is 28.3 Å². The summed E-state index contributed by atoms with van der Waals surface area (Å²) in [5.41, 5.74) is 5.42. The van der Waals surface area contributed by atoms with Crippen LogP contribution in [-0.4, -0.2) is 16.0 Å². The third-order valence-corrected chi connectivity index (χ3v) is 5.38. The molecule has 122 valence electrons. The van der Waals surface area contributed by atoms with Crippen molar-refractivity contribution in [1.82, 2.24) is 10.2 Å². The van der Waals surface area contributed by atoms with Crippen molar-refractivity contribution in [3.63, 3.8) is 0 Å². The van der Waals surface area contributed by atoms with Crippen molar-refractivity contribution in [3.8, 4) is 0 Å². The normalized spacial score (nSPS) is 11.0. The van der Waals surface area contributed by atoms with Crippen molar-refractivity contribution in [2.24, 2.45) is 0 Å². The molecule has 3 aromatic rings. The van der Waals surface area contributed by atoms with Crippen LogP contribution in [0.15, 0.2) is 41.6 Å². The van der Waals surface area contributed by atoms with E-state index in [1.54, 1.807) is 24.9 Å². The van der Waals surface area contributed by atoms with Crippen LogP contribution in [-0.2, 0) is 5.75 Å². The van der Waals surface area contributed by atoms with E-state index in [4.69, 9.17) is 0 Å². The van der Waals surface area contributed by atoms with Crippen molar-refractivity contribution in [3.05, 3.63) is 64.3 Å². The molecule has 0 aliphatic heterocycles. The van der Waals surface area contributed by atoms with Crippen LogP contribution in [0, 0.1) is 20.8 Å². The lowest BCUT2D eigenvalue weighted by Crippen LogP contribution is -2.05. The van der Waals surface area contributed by atoms with Gasteiger partial charge in [-0.3, -0.25) is 4.79 Å². The highest BCUT2D eigenvalue weighted by Crippen LogP contribution is 2.31. The van der Waals surface area contributed by atoms with E-state index in [0.29, 0.717) is 0 Å². The Morgan fingerprint density at radius 1 is 1.12 bits per heavy atom. The number of aryl methyl sites for hydroxylation is 2. The third-order valence-electron chi connectivity index (χ3n) is 4.37. The number of aromatic nitrogens is 2. The van der Waals surface area contributed by atoms with E-state index in [-0.39, 0.29) is 5.78 Å². The Morgan fingerprint density at radius 2 is 1.88 bits per heavy atom. The second kappa shape index (κ2) is 6.73. The number of carbonyl (C=O) groups excluding carboxylic acids is 1. The minimum Gasteiger partial charge on any atom is -0.294 e. The highest BCUT2D eigenvalue weighted by atomic mass is 32.2. The van der Waals surface area contributed by atoms with Gasteiger partial charge in [-0.2, -0.15) is 5.10 Å². The van der Waals surface area contributed by atoms with E-state index in [0.717, 1.165) is 38.2 Å². The number of hydrogen-bond acceptors (Lipinski definition) is 4. The van der Waals surface area contributed by atoms with Crippen molar-refractivity contribution in [2.45, 2.75) is 38.5 Å². The summed E-state index contributed by atoms with van der Waals surface area (Å²) >= 11 is 1.67. The third kappa shape index (κ3) is 3.06. The molecule has 1 aromatic heterocycles. The number of Topliss-reactive ketones (excluding diaryl/α,β-unsaturated/α-hetero) is 1. The number of rotatable bonds is 4. The van der Waals surface area contributed by atoms with E-state index >= 15 is 0 Å². The maximum absolute atomic E-state index is 12.0.